The SMILES string of the molecule is C[C@@H]1CN(C(=O)C(N)Cc2cnc3ccccc3n2)C(CCCO)CN1C(=O)C(N)Cc1cnc2ccccc2n1. The second kappa shape index (κ2) is 12.6. The number of rotatable bonds is 9. The predicted octanol–water partition coefficient (Wildman–Crippen LogP) is 1.21. The van der Waals surface area contributed by atoms with Crippen LogP contribution in [0.15, 0.2) is 60.9 Å². The van der Waals surface area contributed by atoms with E-state index >= 15 is 0 Å². The molecule has 5 rings (SSSR count). The monoisotopic (exact) mass is 556 g/mol. The number of aliphatic hydroxyl groups is 1. The summed E-state index contributed by atoms with van der Waals surface area (Å²) in [6.07, 6.45) is 4.83. The Bertz CT molecular complexity index is 1530. The molecule has 1 fully saturated rings. The highest BCUT2D eigenvalue weighted by Crippen LogP contribution is 2.22. The van der Waals surface area contributed by atoms with Crippen LogP contribution < -0.4 is 11.5 Å². The zero-order chi connectivity index (χ0) is 28.9. The van der Waals surface area contributed by atoms with E-state index in [0.29, 0.717) is 37.3 Å². The molecule has 0 aliphatic carbocycles. The van der Waals surface area contributed by atoms with Crippen LogP contribution in [0.5, 0.6) is 0 Å². The molecule has 3 heterocycles. The first-order valence-corrected chi connectivity index (χ1v) is 14.0. The van der Waals surface area contributed by atoms with E-state index in [0.717, 1.165) is 22.1 Å². The number of para-hydroxylation sites is 4. The summed E-state index contributed by atoms with van der Waals surface area (Å²) < 4.78 is 0. The summed E-state index contributed by atoms with van der Waals surface area (Å²) in [6.45, 7) is 2.52. The molecule has 11 nitrogen and oxygen atoms in total. The van der Waals surface area contributed by atoms with Gasteiger partial charge in [-0.15, -0.1) is 0 Å². The number of nitrogens with two attached hydrogens (primary N) is 2. The van der Waals surface area contributed by atoms with Crippen molar-refractivity contribution in [3.63, 3.8) is 0 Å². The van der Waals surface area contributed by atoms with E-state index < -0.39 is 12.1 Å². The van der Waals surface area contributed by atoms with Crippen molar-refractivity contribution in [2.24, 2.45) is 11.5 Å². The minimum atomic E-state index is -0.815. The van der Waals surface area contributed by atoms with Crippen molar-refractivity contribution in [2.45, 2.75) is 56.8 Å². The fourth-order valence-corrected chi connectivity index (χ4v) is 5.43. The molecule has 1 aliphatic heterocycles. The van der Waals surface area contributed by atoms with Crippen LogP contribution in [0.3, 0.4) is 0 Å². The lowest BCUT2D eigenvalue weighted by Gasteiger charge is -2.46. The summed E-state index contributed by atoms with van der Waals surface area (Å²) in [5.74, 6) is -0.415. The molecule has 1 saturated heterocycles. The number of fused-ring (bicyclic) bond motifs is 2. The summed E-state index contributed by atoms with van der Waals surface area (Å²) in [5.41, 5.74) is 17.1. The Balaban J connectivity index is 1.26. The molecule has 5 N–H and O–H groups in total. The van der Waals surface area contributed by atoms with Gasteiger partial charge in [-0.25, -0.2) is 9.97 Å². The van der Waals surface area contributed by atoms with Crippen LogP contribution >= 0.6 is 0 Å². The van der Waals surface area contributed by atoms with E-state index in [1.165, 1.54) is 0 Å². The van der Waals surface area contributed by atoms with E-state index in [1.807, 2.05) is 55.5 Å². The van der Waals surface area contributed by atoms with E-state index in [-0.39, 0.29) is 43.3 Å². The zero-order valence-corrected chi connectivity index (χ0v) is 23.1. The first-order valence-electron chi connectivity index (χ1n) is 14.0. The second-order valence-electron chi connectivity index (χ2n) is 10.7. The quantitative estimate of drug-likeness (QED) is 0.275. The van der Waals surface area contributed by atoms with Gasteiger partial charge >= 0.3 is 0 Å². The maximum absolute atomic E-state index is 13.6. The molecule has 4 aromatic rings. The molecule has 0 saturated carbocycles. The summed E-state index contributed by atoms with van der Waals surface area (Å²) in [6, 6.07) is 12.9. The smallest absolute Gasteiger partial charge is 0.240 e. The standard InChI is InChI=1S/C30H36N8O3/c1-19-17-38(30(41)24(32)14-21-16-34-26-9-3-5-11-28(26)36-21)22(7-6-12-39)18-37(19)29(40)23(31)13-20-15-33-25-8-2-4-10-27(25)35-20/h2-5,8-11,15-16,19,22-24,39H,6-7,12-14,17-18,31-32H2,1H3/t19-,22?,23?,24?/m1/s1. The van der Waals surface area contributed by atoms with Crippen LogP contribution in [0.2, 0.25) is 0 Å². The average molecular weight is 557 g/mol. The molecule has 3 unspecified atom stereocenters. The molecular formula is C30H36N8O3. The molecule has 2 aromatic carbocycles. The molecule has 0 radical (unpaired) electrons. The van der Waals surface area contributed by atoms with Crippen LogP contribution in [0.25, 0.3) is 22.1 Å². The van der Waals surface area contributed by atoms with Crippen LogP contribution in [0.1, 0.15) is 31.2 Å². The number of nitrogens with zero attached hydrogens (tertiary/aromatic N) is 6. The number of benzene rings is 2. The van der Waals surface area contributed by atoms with E-state index in [4.69, 9.17) is 11.5 Å². The topological polar surface area (TPSA) is 164 Å². The van der Waals surface area contributed by atoms with Crippen LogP contribution in [0.4, 0.5) is 0 Å². The van der Waals surface area contributed by atoms with Gasteiger partial charge in [0.25, 0.3) is 0 Å². The Morgan fingerprint density at radius 3 is 1.83 bits per heavy atom. The van der Waals surface area contributed by atoms with E-state index in [2.05, 4.69) is 19.9 Å². The number of piperazine rings is 1. The molecule has 4 atom stereocenters. The fourth-order valence-electron chi connectivity index (χ4n) is 5.43. The highest BCUT2D eigenvalue weighted by atomic mass is 16.3. The Labute approximate surface area is 238 Å². The maximum atomic E-state index is 13.6. The van der Waals surface area contributed by atoms with Gasteiger partial charge in [0.15, 0.2) is 0 Å². The lowest BCUT2D eigenvalue weighted by molar-refractivity contribution is -0.148. The lowest BCUT2D eigenvalue weighted by Crippen LogP contribution is -2.64. The first kappa shape index (κ1) is 28.5. The minimum Gasteiger partial charge on any atom is -0.396 e. The van der Waals surface area contributed by atoms with Crippen LogP contribution in [-0.4, -0.2) is 90.5 Å². The first-order chi connectivity index (χ1) is 19.8. The third-order valence-electron chi connectivity index (χ3n) is 7.59. The molecule has 2 amide bonds. The maximum Gasteiger partial charge on any atom is 0.240 e. The number of carbonyl (C=O) groups is 2. The highest BCUT2D eigenvalue weighted by Gasteiger charge is 2.39. The van der Waals surface area contributed by atoms with Gasteiger partial charge < -0.3 is 26.4 Å². The summed E-state index contributed by atoms with van der Waals surface area (Å²) >= 11 is 0. The van der Waals surface area contributed by atoms with Crippen molar-refractivity contribution in [3.8, 4) is 0 Å². The molecular weight excluding hydrogens is 520 g/mol. The van der Waals surface area contributed by atoms with Crippen molar-refractivity contribution in [1.82, 2.24) is 29.7 Å². The third kappa shape index (κ3) is 6.48. The Hall–Kier alpha value is -4.06. The van der Waals surface area contributed by atoms with Gasteiger partial charge in [0.2, 0.25) is 11.8 Å². The average Bonchev–Trinajstić information content (AvgIpc) is 2.99. The van der Waals surface area contributed by atoms with Gasteiger partial charge in [0, 0.05) is 57.0 Å². The van der Waals surface area contributed by atoms with Crippen molar-refractivity contribution >= 4 is 33.9 Å². The van der Waals surface area contributed by atoms with E-state index in [1.54, 1.807) is 22.2 Å². The number of hydrogen-bond donors (Lipinski definition) is 3. The third-order valence-corrected chi connectivity index (χ3v) is 7.59. The van der Waals surface area contributed by atoms with Gasteiger partial charge in [-0.3, -0.25) is 19.6 Å². The molecule has 0 spiro atoms. The molecule has 0 bridgehead atoms. The second-order valence-corrected chi connectivity index (χ2v) is 10.7. The normalized spacial score (nSPS) is 18.9. The Morgan fingerprint density at radius 2 is 1.32 bits per heavy atom. The largest absolute Gasteiger partial charge is 0.396 e. The molecule has 1 aliphatic rings. The number of aliphatic hydroxyl groups excluding tert-OH is 1. The molecule has 11 heteroatoms. The molecule has 214 valence electrons. The predicted molar refractivity (Wildman–Crippen MR) is 155 cm³/mol. The van der Waals surface area contributed by atoms with Crippen molar-refractivity contribution < 1.29 is 14.7 Å². The molecule has 2 aromatic heterocycles. The summed E-state index contributed by atoms with van der Waals surface area (Å²) in [5, 5.41) is 9.51. The Morgan fingerprint density at radius 1 is 0.829 bits per heavy atom. The highest BCUT2D eigenvalue weighted by molar-refractivity contribution is 5.85. The van der Waals surface area contributed by atoms with Gasteiger partial charge in [0.05, 0.1) is 45.5 Å². The van der Waals surface area contributed by atoms with E-state index in [9.17, 15) is 14.7 Å². The van der Waals surface area contributed by atoms with Gasteiger partial charge in [-0.1, -0.05) is 24.3 Å². The number of aromatic nitrogens is 4. The summed E-state index contributed by atoms with van der Waals surface area (Å²) in [4.78, 5) is 48.7. The zero-order valence-electron chi connectivity index (χ0n) is 23.1. The fraction of sp³-hybridized carbons (Fsp3) is 0.400. The van der Waals surface area contributed by atoms with Gasteiger partial charge in [-0.05, 0) is 44.0 Å². The summed E-state index contributed by atoms with van der Waals surface area (Å²) in [7, 11) is 0. The minimum absolute atomic E-state index is 0.0130. The van der Waals surface area contributed by atoms with Gasteiger partial charge in [0.1, 0.15) is 0 Å². The van der Waals surface area contributed by atoms with Crippen molar-refractivity contribution in [1.29, 1.82) is 0 Å². The Kier molecular flexibility index (Phi) is 8.77. The van der Waals surface area contributed by atoms with Crippen LogP contribution in [0, 0.1) is 0 Å². The lowest BCUT2D eigenvalue weighted by atomic mass is 9.99. The van der Waals surface area contributed by atoms with Crippen LogP contribution in [-0.2, 0) is 22.4 Å². The van der Waals surface area contributed by atoms with Crippen molar-refractivity contribution in [2.75, 3.05) is 19.7 Å². The van der Waals surface area contributed by atoms with Crippen molar-refractivity contribution in [3.05, 3.63) is 72.3 Å². The molecule has 41 heavy (non-hydrogen) atoms. The number of amides is 2. The number of hydrogen-bond acceptors (Lipinski definition) is 9. The number of carbonyl (C=O) groups excluding carboxylic acids is 2. The van der Waals surface area contributed by atoms with Gasteiger partial charge in [-0.2, -0.15) is 0 Å².